The molecule has 2 nitrogen and oxygen atoms in total. The second-order valence-corrected chi connectivity index (χ2v) is 1.85. The van der Waals surface area contributed by atoms with E-state index in [0.717, 1.165) is 19.3 Å². The summed E-state index contributed by atoms with van der Waals surface area (Å²) in [4.78, 5) is 9.87. The van der Waals surface area contributed by atoms with Gasteiger partial charge in [0.15, 0.2) is 0 Å². The minimum atomic E-state index is -0.682. The van der Waals surface area contributed by atoms with Crippen molar-refractivity contribution in [2.24, 2.45) is 0 Å². The highest BCUT2D eigenvalue weighted by atomic mass is 79.9. The maximum Gasteiger partial charge on any atom is 0.303 e. The molecule has 56 valence electrons. The van der Waals surface area contributed by atoms with E-state index in [0.29, 0.717) is 6.42 Å². The van der Waals surface area contributed by atoms with E-state index in [1.165, 1.54) is 0 Å². The van der Waals surface area contributed by atoms with Crippen LogP contribution >= 0.6 is 17.0 Å². The van der Waals surface area contributed by atoms with Crippen LogP contribution in [-0.4, -0.2) is 11.1 Å². The molecule has 9 heavy (non-hydrogen) atoms. The zero-order chi connectivity index (χ0) is 6.41. The van der Waals surface area contributed by atoms with Crippen LogP contribution in [0.1, 0.15) is 32.6 Å². The van der Waals surface area contributed by atoms with Gasteiger partial charge >= 0.3 is 5.97 Å². The number of carbonyl (C=O) groups is 1. The quantitative estimate of drug-likeness (QED) is 0.701. The number of aliphatic carboxylic acids is 1. The molecule has 0 amide bonds. The van der Waals surface area contributed by atoms with Crippen LogP contribution in [0, 0.1) is 0 Å². The van der Waals surface area contributed by atoms with Crippen LogP contribution in [0.4, 0.5) is 0 Å². The van der Waals surface area contributed by atoms with Crippen molar-refractivity contribution in [1.29, 1.82) is 0 Å². The van der Waals surface area contributed by atoms with E-state index in [1.54, 1.807) is 0 Å². The van der Waals surface area contributed by atoms with E-state index in [1.807, 2.05) is 0 Å². The molecule has 0 unspecified atom stereocenters. The molecule has 0 aliphatic carbocycles. The predicted molar refractivity (Wildman–Crippen MR) is 42.1 cm³/mol. The molecule has 0 fully saturated rings. The largest absolute Gasteiger partial charge is 0.481 e. The van der Waals surface area contributed by atoms with Gasteiger partial charge in [-0.25, -0.2) is 0 Å². The Labute approximate surface area is 66.0 Å². The Morgan fingerprint density at radius 2 is 2.00 bits per heavy atom. The van der Waals surface area contributed by atoms with Crippen molar-refractivity contribution in [1.82, 2.24) is 0 Å². The highest BCUT2D eigenvalue weighted by Gasteiger charge is 1.92. The van der Waals surface area contributed by atoms with Gasteiger partial charge in [-0.15, -0.1) is 17.0 Å². The molecule has 1 N–H and O–H groups in total. The average molecular weight is 197 g/mol. The van der Waals surface area contributed by atoms with E-state index >= 15 is 0 Å². The number of carboxylic acids is 1. The van der Waals surface area contributed by atoms with Gasteiger partial charge in [0.25, 0.3) is 0 Å². The molecule has 3 heteroatoms. The van der Waals surface area contributed by atoms with E-state index < -0.39 is 5.97 Å². The van der Waals surface area contributed by atoms with Gasteiger partial charge in [0.2, 0.25) is 0 Å². The van der Waals surface area contributed by atoms with Gasteiger partial charge in [-0.2, -0.15) is 0 Å². The Kier molecular flexibility index (Phi) is 10.3. The van der Waals surface area contributed by atoms with Crippen molar-refractivity contribution in [3.63, 3.8) is 0 Å². The SMILES string of the molecule is Br.CCCCCC(=O)O. The molecule has 0 aliphatic heterocycles. The van der Waals surface area contributed by atoms with Crippen molar-refractivity contribution in [3.05, 3.63) is 0 Å². The second kappa shape index (κ2) is 7.95. The highest BCUT2D eigenvalue weighted by Crippen LogP contribution is 1.97. The molecule has 0 aromatic rings. The fraction of sp³-hybridized carbons (Fsp3) is 0.833. The summed E-state index contributed by atoms with van der Waals surface area (Å²) in [6.45, 7) is 2.06. The first kappa shape index (κ1) is 11.7. The molecule has 0 atom stereocenters. The van der Waals surface area contributed by atoms with Gasteiger partial charge in [0, 0.05) is 6.42 Å². The Morgan fingerprint density at radius 1 is 1.44 bits per heavy atom. The third kappa shape index (κ3) is 11.5. The van der Waals surface area contributed by atoms with Crippen molar-refractivity contribution >= 4 is 23.0 Å². The molecule has 0 saturated carbocycles. The van der Waals surface area contributed by atoms with E-state index in [9.17, 15) is 4.79 Å². The first-order valence-electron chi connectivity index (χ1n) is 2.99. The summed E-state index contributed by atoms with van der Waals surface area (Å²) >= 11 is 0. The Balaban J connectivity index is 0. The third-order valence-electron chi connectivity index (χ3n) is 0.994. The number of halogens is 1. The normalized spacial score (nSPS) is 8.11. The summed E-state index contributed by atoms with van der Waals surface area (Å²) in [5.41, 5.74) is 0. The van der Waals surface area contributed by atoms with Crippen LogP contribution in [0.5, 0.6) is 0 Å². The minimum absolute atomic E-state index is 0. The monoisotopic (exact) mass is 196 g/mol. The number of hydrogen-bond donors (Lipinski definition) is 1. The molecule has 0 spiro atoms. The summed E-state index contributed by atoms with van der Waals surface area (Å²) in [6.07, 6.45) is 3.28. The highest BCUT2D eigenvalue weighted by molar-refractivity contribution is 8.93. The van der Waals surface area contributed by atoms with Crippen molar-refractivity contribution in [2.75, 3.05) is 0 Å². The van der Waals surface area contributed by atoms with Crippen LogP contribution in [0.2, 0.25) is 0 Å². The van der Waals surface area contributed by atoms with Crippen LogP contribution in [-0.2, 0) is 4.79 Å². The predicted octanol–water partition coefficient (Wildman–Crippen LogP) is 2.23. The lowest BCUT2D eigenvalue weighted by atomic mass is 10.2. The smallest absolute Gasteiger partial charge is 0.303 e. The molecular weight excluding hydrogens is 184 g/mol. The van der Waals surface area contributed by atoms with Gasteiger partial charge < -0.3 is 5.11 Å². The maximum atomic E-state index is 9.87. The van der Waals surface area contributed by atoms with Gasteiger partial charge in [-0.05, 0) is 6.42 Å². The fourth-order valence-electron chi connectivity index (χ4n) is 0.526. The van der Waals surface area contributed by atoms with E-state index in [-0.39, 0.29) is 17.0 Å². The standard InChI is InChI=1S/C6H12O2.BrH/c1-2-3-4-5-6(7)8;/h2-5H2,1H3,(H,7,8);1H. The number of carboxylic acid groups (broad SMARTS) is 1. The van der Waals surface area contributed by atoms with Crippen LogP contribution in [0.25, 0.3) is 0 Å². The molecule has 0 aromatic heterocycles. The van der Waals surface area contributed by atoms with Crippen LogP contribution < -0.4 is 0 Å². The molecule has 0 heterocycles. The molecular formula is C6H13BrO2. The number of hydrogen-bond acceptors (Lipinski definition) is 1. The first-order chi connectivity index (χ1) is 3.77. The van der Waals surface area contributed by atoms with Gasteiger partial charge in [-0.3, -0.25) is 4.79 Å². The van der Waals surface area contributed by atoms with Gasteiger partial charge in [0.05, 0.1) is 0 Å². The summed E-state index contributed by atoms with van der Waals surface area (Å²) in [6, 6.07) is 0. The summed E-state index contributed by atoms with van der Waals surface area (Å²) in [7, 11) is 0. The average Bonchev–Trinajstić information content (AvgIpc) is 1.66. The Bertz CT molecular complexity index is 73.5. The zero-order valence-electron chi connectivity index (χ0n) is 5.59. The Morgan fingerprint density at radius 3 is 2.33 bits per heavy atom. The number of rotatable bonds is 4. The van der Waals surface area contributed by atoms with Crippen molar-refractivity contribution in [2.45, 2.75) is 32.6 Å². The molecule has 0 rings (SSSR count). The number of unbranched alkanes of at least 4 members (excludes halogenated alkanes) is 2. The zero-order valence-corrected chi connectivity index (χ0v) is 7.31. The van der Waals surface area contributed by atoms with Crippen LogP contribution in [0.15, 0.2) is 0 Å². The lowest BCUT2D eigenvalue weighted by Crippen LogP contribution is -1.92. The molecule has 0 bridgehead atoms. The topological polar surface area (TPSA) is 37.3 Å². The van der Waals surface area contributed by atoms with E-state index in [2.05, 4.69) is 6.92 Å². The van der Waals surface area contributed by atoms with E-state index in [4.69, 9.17) is 5.11 Å². The van der Waals surface area contributed by atoms with Gasteiger partial charge in [0.1, 0.15) is 0 Å². The first-order valence-corrected chi connectivity index (χ1v) is 2.99. The molecule has 0 aromatic carbocycles. The molecule has 0 radical (unpaired) electrons. The molecule has 0 aliphatic rings. The third-order valence-corrected chi connectivity index (χ3v) is 0.994. The lowest BCUT2D eigenvalue weighted by molar-refractivity contribution is -0.137. The lowest BCUT2D eigenvalue weighted by Gasteiger charge is -1.89. The summed E-state index contributed by atoms with van der Waals surface area (Å²) in [5, 5.41) is 8.14. The maximum absolute atomic E-state index is 9.87. The summed E-state index contributed by atoms with van der Waals surface area (Å²) in [5.74, 6) is -0.682. The molecule has 0 saturated heterocycles. The van der Waals surface area contributed by atoms with Crippen molar-refractivity contribution < 1.29 is 9.90 Å². The fourth-order valence-corrected chi connectivity index (χ4v) is 0.526. The van der Waals surface area contributed by atoms with Gasteiger partial charge in [-0.1, -0.05) is 19.8 Å². The summed E-state index contributed by atoms with van der Waals surface area (Å²) < 4.78 is 0. The minimum Gasteiger partial charge on any atom is -0.481 e. The van der Waals surface area contributed by atoms with Crippen molar-refractivity contribution in [3.8, 4) is 0 Å². The van der Waals surface area contributed by atoms with Crippen LogP contribution in [0.3, 0.4) is 0 Å². The second-order valence-electron chi connectivity index (χ2n) is 1.85. The Hall–Kier alpha value is -0.0500.